The van der Waals surface area contributed by atoms with Gasteiger partial charge in [0, 0.05) is 13.1 Å². The summed E-state index contributed by atoms with van der Waals surface area (Å²) in [6, 6.07) is 3.10. The van der Waals surface area contributed by atoms with Gasteiger partial charge in [-0.25, -0.2) is 8.78 Å². The Bertz CT molecular complexity index is 463. The first-order valence-electron chi connectivity index (χ1n) is 6.83. The summed E-state index contributed by atoms with van der Waals surface area (Å²) < 4.78 is 26.0. The van der Waals surface area contributed by atoms with Crippen molar-refractivity contribution < 1.29 is 13.6 Å². The van der Waals surface area contributed by atoms with Crippen molar-refractivity contribution in [1.29, 1.82) is 0 Å². The van der Waals surface area contributed by atoms with E-state index in [-0.39, 0.29) is 12.5 Å². The van der Waals surface area contributed by atoms with E-state index in [0.29, 0.717) is 24.4 Å². The molecule has 2 N–H and O–H groups in total. The van der Waals surface area contributed by atoms with Crippen molar-refractivity contribution >= 4 is 5.91 Å². The number of likely N-dealkylation sites (N-methyl/N-ethyl adjacent to an activating group) is 1. The quantitative estimate of drug-likeness (QED) is 0.873. The number of halogens is 2. The Hall–Kier alpha value is -1.49. The predicted molar refractivity (Wildman–Crippen MR) is 74.9 cm³/mol. The Morgan fingerprint density at radius 3 is 2.45 bits per heavy atom. The second kappa shape index (κ2) is 7.33. The number of hydrogen-bond donors (Lipinski definition) is 1. The molecule has 1 rings (SSSR count). The fourth-order valence-electron chi connectivity index (χ4n) is 2.05. The number of benzene rings is 1. The van der Waals surface area contributed by atoms with Crippen molar-refractivity contribution in [1.82, 2.24) is 4.90 Å². The minimum atomic E-state index is -0.905. The Kier molecular flexibility index (Phi) is 6.07. The van der Waals surface area contributed by atoms with Crippen LogP contribution in [0.1, 0.15) is 32.8 Å². The molecule has 0 aliphatic heterocycles. The van der Waals surface area contributed by atoms with Gasteiger partial charge in [0.1, 0.15) is 0 Å². The zero-order valence-electron chi connectivity index (χ0n) is 12.2. The number of rotatable bonds is 6. The number of nitrogens with two attached hydrogens (primary N) is 1. The Balaban J connectivity index is 2.75. The van der Waals surface area contributed by atoms with Gasteiger partial charge >= 0.3 is 0 Å². The van der Waals surface area contributed by atoms with Crippen LogP contribution in [-0.2, 0) is 11.3 Å². The van der Waals surface area contributed by atoms with Crippen LogP contribution in [0.3, 0.4) is 0 Å². The number of nitrogens with zero attached hydrogens (tertiary/aromatic N) is 1. The molecular formula is C15H22F2N2O. The first kappa shape index (κ1) is 16.6. The third-order valence-electron chi connectivity index (χ3n) is 3.09. The molecule has 0 bridgehead atoms. The van der Waals surface area contributed by atoms with Crippen molar-refractivity contribution in [3.63, 3.8) is 0 Å². The second-order valence-corrected chi connectivity index (χ2v) is 5.34. The topological polar surface area (TPSA) is 46.3 Å². The van der Waals surface area contributed by atoms with Gasteiger partial charge in [0.05, 0.1) is 6.04 Å². The van der Waals surface area contributed by atoms with Crippen LogP contribution in [0.5, 0.6) is 0 Å². The third kappa shape index (κ3) is 4.56. The average molecular weight is 284 g/mol. The highest BCUT2D eigenvalue weighted by Crippen LogP contribution is 2.13. The van der Waals surface area contributed by atoms with Gasteiger partial charge < -0.3 is 10.6 Å². The lowest BCUT2D eigenvalue weighted by Crippen LogP contribution is -2.44. The van der Waals surface area contributed by atoms with Gasteiger partial charge in [0.25, 0.3) is 0 Å². The molecular weight excluding hydrogens is 262 g/mol. The van der Waals surface area contributed by atoms with E-state index in [1.165, 1.54) is 6.07 Å². The number of hydrogen-bond acceptors (Lipinski definition) is 2. The zero-order chi connectivity index (χ0) is 15.3. The maximum Gasteiger partial charge on any atom is 0.239 e. The summed E-state index contributed by atoms with van der Waals surface area (Å²) in [5.74, 6) is -1.63. The lowest BCUT2D eigenvalue weighted by atomic mass is 10.0. The Morgan fingerprint density at radius 1 is 1.30 bits per heavy atom. The molecule has 0 saturated heterocycles. The summed E-state index contributed by atoms with van der Waals surface area (Å²) >= 11 is 0. The van der Waals surface area contributed by atoms with E-state index in [1.807, 2.05) is 20.8 Å². The van der Waals surface area contributed by atoms with Gasteiger partial charge in [-0.2, -0.15) is 0 Å². The molecule has 0 radical (unpaired) electrons. The highest BCUT2D eigenvalue weighted by molar-refractivity contribution is 5.81. The maximum absolute atomic E-state index is 13.2. The standard InChI is InChI=1S/C15H22F2N2O/c1-4-19(15(20)14(18)7-10(2)3)9-11-5-6-12(16)13(17)8-11/h5-6,8,10,14H,4,7,9,18H2,1-3H3/t14-/m1/s1. The Morgan fingerprint density at radius 2 is 1.95 bits per heavy atom. The van der Waals surface area contributed by atoms with Gasteiger partial charge in [0.15, 0.2) is 11.6 Å². The van der Waals surface area contributed by atoms with Crippen molar-refractivity contribution in [2.75, 3.05) is 6.54 Å². The van der Waals surface area contributed by atoms with Gasteiger partial charge in [-0.05, 0) is 37.0 Å². The molecule has 0 spiro atoms. The smallest absolute Gasteiger partial charge is 0.239 e. The summed E-state index contributed by atoms with van der Waals surface area (Å²) in [5, 5.41) is 0. The van der Waals surface area contributed by atoms with E-state index in [4.69, 9.17) is 5.73 Å². The van der Waals surface area contributed by atoms with Crippen LogP contribution < -0.4 is 5.73 Å². The lowest BCUT2D eigenvalue weighted by Gasteiger charge is -2.25. The van der Waals surface area contributed by atoms with Gasteiger partial charge in [0.2, 0.25) is 5.91 Å². The van der Waals surface area contributed by atoms with Crippen molar-refractivity contribution in [2.24, 2.45) is 11.7 Å². The zero-order valence-corrected chi connectivity index (χ0v) is 12.2. The SMILES string of the molecule is CCN(Cc1ccc(F)c(F)c1)C(=O)[C@H](N)CC(C)C. The monoisotopic (exact) mass is 284 g/mol. The van der Waals surface area contributed by atoms with Crippen molar-refractivity contribution in [2.45, 2.75) is 39.8 Å². The second-order valence-electron chi connectivity index (χ2n) is 5.34. The van der Waals surface area contributed by atoms with E-state index < -0.39 is 17.7 Å². The summed E-state index contributed by atoms with van der Waals surface area (Å²) in [4.78, 5) is 13.8. The third-order valence-corrected chi connectivity index (χ3v) is 3.09. The van der Waals surface area contributed by atoms with E-state index in [0.717, 1.165) is 12.1 Å². The first-order chi connectivity index (χ1) is 9.35. The molecule has 0 aliphatic rings. The fourth-order valence-corrected chi connectivity index (χ4v) is 2.05. The molecule has 1 amide bonds. The molecule has 0 heterocycles. The van der Waals surface area contributed by atoms with Crippen LogP contribution in [0.15, 0.2) is 18.2 Å². The van der Waals surface area contributed by atoms with Gasteiger partial charge in [-0.3, -0.25) is 4.79 Å². The van der Waals surface area contributed by atoms with Crippen LogP contribution in [0, 0.1) is 17.6 Å². The summed E-state index contributed by atoms with van der Waals surface area (Å²) in [6.45, 7) is 6.54. The lowest BCUT2D eigenvalue weighted by molar-refractivity contribution is -0.133. The molecule has 0 aromatic heterocycles. The molecule has 112 valence electrons. The van der Waals surface area contributed by atoms with Crippen molar-refractivity contribution in [3.8, 4) is 0 Å². The number of carbonyl (C=O) groups excluding carboxylic acids is 1. The van der Waals surface area contributed by atoms with Gasteiger partial charge in [-0.1, -0.05) is 19.9 Å². The summed E-state index contributed by atoms with van der Waals surface area (Å²) in [6.07, 6.45) is 0.604. The fraction of sp³-hybridized carbons (Fsp3) is 0.533. The molecule has 20 heavy (non-hydrogen) atoms. The first-order valence-corrected chi connectivity index (χ1v) is 6.83. The minimum absolute atomic E-state index is 0.161. The molecule has 3 nitrogen and oxygen atoms in total. The highest BCUT2D eigenvalue weighted by atomic mass is 19.2. The highest BCUT2D eigenvalue weighted by Gasteiger charge is 2.21. The van der Waals surface area contributed by atoms with Crippen LogP contribution in [0.2, 0.25) is 0 Å². The molecule has 1 aromatic carbocycles. The number of amides is 1. The van der Waals surface area contributed by atoms with Crippen LogP contribution in [0.25, 0.3) is 0 Å². The summed E-state index contributed by atoms with van der Waals surface area (Å²) in [7, 11) is 0. The van der Waals surface area contributed by atoms with E-state index >= 15 is 0 Å². The van der Waals surface area contributed by atoms with Crippen LogP contribution >= 0.6 is 0 Å². The normalized spacial score (nSPS) is 12.6. The molecule has 0 saturated carbocycles. The van der Waals surface area contributed by atoms with E-state index in [2.05, 4.69) is 0 Å². The molecule has 0 aliphatic carbocycles. The molecule has 1 atom stereocenters. The Labute approximate surface area is 118 Å². The van der Waals surface area contributed by atoms with Crippen molar-refractivity contribution in [3.05, 3.63) is 35.4 Å². The van der Waals surface area contributed by atoms with Crippen LogP contribution in [-0.4, -0.2) is 23.4 Å². The van der Waals surface area contributed by atoms with Gasteiger partial charge in [-0.15, -0.1) is 0 Å². The predicted octanol–water partition coefficient (Wildman–Crippen LogP) is 2.69. The number of carbonyl (C=O) groups is 1. The maximum atomic E-state index is 13.2. The molecule has 0 fully saturated rings. The van der Waals surface area contributed by atoms with E-state index in [1.54, 1.807) is 4.90 Å². The van der Waals surface area contributed by atoms with Crippen LogP contribution in [0.4, 0.5) is 8.78 Å². The molecule has 1 aromatic rings. The molecule has 0 unspecified atom stereocenters. The average Bonchev–Trinajstić information content (AvgIpc) is 2.38. The largest absolute Gasteiger partial charge is 0.337 e. The minimum Gasteiger partial charge on any atom is -0.337 e. The summed E-state index contributed by atoms with van der Waals surface area (Å²) in [5.41, 5.74) is 6.43. The van der Waals surface area contributed by atoms with E-state index in [9.17, 15) is 13.6 Å². The molecule has 5 heteroatoms.